The van der Waals surface area contributed by atoms with E-state index >= 15 is 0 Å². The predicted octanol–water partition coefficient (Wildman–Crippen LogP) is 4.33. The molecule has 0 amide bonds. The van der Waals surface area contributed by atoms with E-state index in [9.17, 15) is 0 Å². The fourth-order valence-corrected chi connectivity index (χ4v) is 2.76. The number of anilines is 1. The molecule has 0 bridgehead atoms. The third kappa shape index (κ3) is 2.59. The van der Waals surface area contributed by atoms with Crippen molar-refractivity contribution >= 4 is 39.4 Å². The minimum absolute atomic E-state index is 0.0174. The number of benzene rings is 2. The number of nitrogens with zero attached hydrogens (tertiary/aromatic N) is 3. The van der Waals surface area contributed by atoms with Crippen molar-refractivity contribution in [2.24, 2.45) is 0 Å². The van der Waals surface area contributed by atoms with E-state index in [0.717, 1.165) is 33.6 Å². The van der Waals surface area contributed by atoms with Gasteiger partial charge in [0.05, 0.1) is 22.6 Å². The van der Waals surface area contributed by atoms with Crippen molar-refractivity contribution in [3.63, 3.8) is 0 Å². The summed E-state index contributed by atoms with van der Waals surface area (Å²) in [7, 11) is 0. The molecule has 0 spiro atoms. The van der Waals surface area contributed by atoms with Gasteiger partial charge in [-0.15, -0.1) is 0 Å². The summed E-state index contributed by atoms with van der Waals surface area (Å²) in [6.07, 6.45) is 1.53. The molecule has 1 atom stereocenters. The van der Waals surface area contributed by atoms with Gasteiger partial charge in [-0.05, 0) is 37.3 Å². The number of hydrogen-bond acceptors (Lipinski definition) is 4. The molecule has 2 N–H and O–H groups in total. The van der Waals surface area contributed by atoms with E-state index in [4.69, 9.17) is 11.6 Å². The lowest BCUT2D eigenvalue weighted by Gasteiger charge is -2.13. The molecule has 2 aromatic heterocycles. The number of aromatic nitrogens is 4. The maximum Gasteiger partial charge on any atom is 0.137 e. The average molecular weight is 324 g/mol. The molecule has 5 nitrogen and oxygen atoms in total. The van der Waals surface area contributed by atoms with Gasteiger partial charge in [0.1, 0.15) is 18.0 Å². The van der Waals surface area contributed by atoms with Gasteiger partial charge in [0.25, 0.3) is 0 Å². The second-order valence-corrected chi connectivity index (χ2v) is 5.83. The molecule has 0 aliphatic heterocycles. The van der Waals surface area contributed by atoms with E-state index in [1.165, 1.54) is 6.33 Å². The van der Waals surface area contributed by atoms with Gasteiger partial charge in [-0.25, -0.2) is 15.0 Å². The Labute approximate surface area is 137 Å². The summed E-state index contributed by atoms with van der Waals surface area (Å²) >= 11 is 6.02. The van der Waals surface area contributed by atoms with Gasteiger partial charge >= 0.3 is 0 Å². The highest BCUT2D eigenvalue weighted by molar-refractivity contribution is 6.31. The number of imidazole rings is 1. The fourth-order valence-electron chi connectivity index (χ4n) is 2.60. The molecule has 1 unspecified atom stereocenters. The molecular weight excluding hydrogens is 310 g/mol. The van der Waals surface area contributed by atoms with E-state index in [2.05, 4.69) is 25.3 Å². The zero-order chi connectivity index (χ0) is 15.8. The maximum absolute atomic E-state index is 6.02. The van der Waals surface area contributed by atoms with Gasteiger partial charge in [0, 0.05) is 10.4 Å². The first-order valence-electron chi connectivity index (χ1n) is 7.32. The number of rotatable bonds is 3. The molecule has 0 aliphatic rings. The SMILES string of the molecule is CC(Nc1ncnc2cc(Cl)ccc12)c1nc2ccccc2[nH]1. The van der Waals surface area contributed by atoms with E-state index < -0.39 is 0 Å². The van der Waals surface area contributed by atoms with Crippen LogP contribution < -0.4 is 5.32 Å². The molecule has 23 heavy (non-hydrogen) atoms. The van der Waals surface area contributed by atoms with Gasteiger partial charge in [0.15, 0.2) is 0 Å². The Balaban J connectivity index is 1.69. The summed E-state index contributed by atoms with van der Waals surface area (Å²) in [5.74, 6) is 1.63. The highest BCUT2D eigenvalue weighted by Gasteiger charge is 2.13. The second-order valence-electron chi connectivity index (χ2n) is 5.39. The summed E-state index contributed by atoms with van der Waals surface area (Å²) in [4.78, 5) is 16.6. The highest BCUT2D eigenvalue weighted by Crippen LogP contribution is 2.25. The van der Waals surface area contributed by atoms with E-state index in [1.807, 2.05) is 49.4 Å². The third-order valence-corrected chi connectivity index (χ3v) is 4.00. The number of H-pyrrole nitrogens is 1. The van der Waals surface area contributed by atoms with Crippen LogP contribution in [0.1, 0.15) is 18.8 Å². The molecule has 0 saturated heterocycles. The number of nitrogens with one attached hydrogen (secondary N) is 2. The molecule has 2 aromatic carbocycles. The zero-order valence-corrected chi connectivity index (χ0v) is 13.2. The molecule has 0 fully saturated rings. The predicted molar refractivity (Wildman–Crippen MR) is 92.7 cm³/mol. The van der Waals surface area contributed by atoms with Crippen molar-refractivity contribution in [1.82, 2.24) is 19.9 Å². The minimum atomic E-state index is -0.0174. The molecule has 0 aliphatic carbocycles. The highest BCUT2D eigenvalue weighted by atomic mass is 35.5. The van der Waals surface area contributed by atoms with Gasteiger partial charge in [-0.1, -0.05) is 23.7 Å². The number of halogens is 1. The van der Waals surface area contributed by atoms with Crippen molar-refractivity contribution < 1.29 is 0 Å². The molecule has 4 rings (SSSR count). The smallest absolute Gasteiger partial charge is 0.137 e. The van der Waals surface area contributed by atoms with Crippen molar-refractivity contribution in [3.05, 3.63) is 59.6 Å². The van der Waals surface area contributed by atoms with Crippen LogP contribution in [-0.4, -0.2) is 19.9 Å². The first-order chi connectivity index (χ1) is 11.2. The Morgan fingerprint density at radius 3 is 2.83 bits per heavy atom. The second kappa shape index (κ2) is 5.52. The van der Waals surface area contributed by atoms with Crippen LogP contribution in [0, 0.1) is 0 Å². The monoisotopic (exact) mass is 323 g/mol. The third-order valence-electron chi connectivity index (χ3n) is 3.77. The summed E-state index contributed by atoms with van der Waals surface area (Å²) in [6.45, 7) is 2.04. The van der Waals surface area contributed by atoms with Gasteiger partial charge in [-0.2, -0.15) is 0 Å². The van der Waals surface area contributed by atoms with E-state index in [-0.39, 0.29) is 6.04 Å². The Bertz CT molecular complexity index is 962. The maximum atomic E-state index is 6.02. The summed E-state index contributed by atoms with van der Waals surface area (Å²) in [5, 5.41) is 4.98. The van der Waals surface area contributed by atoms with Crippen molar-refractivity contribution in [2.45, 2.75) is 13.0 Å². The molecule has 6 heteroatoms. The Morgan fingerprint density at radius 2 is 1.96 bits per heavy atom. The van der Waals surface area contributed by atoms with Crippen molar-refractivity contribution in [2.75, 3.05) is 5.32 Å². The van der Waals surface area contributed by atoms with Crippen LogP contribution in [0.2, 0.25) is 5.02 Å². The Kier molecular flexibility index (Phi) is 3.35. The fraction of sp³-hybridized carbons (Fsp3) is 0.118. The zero-order valence-electron chi connectivity index (χ0n) is 12.4. The number of aromatic amines is 1. The van der Waals surface area contributed by atoms with Gasteiger partial charge in [-0.3, -0.25) is 0 Å². The number of hydrogen-bond donors (Lipinski definition) is 2. The lowest BCUT2D eigenvalue weighted by Crippen LogP contribution is -2.10. The van der Waals surface area contributed by atoms with Crippen molar-refractivity contribution in [3.8, 4) is 0 Å². The molecule has 0 radical (unpaired) electrons. The molecule has 4 aromatic rings. The Hall–Kier alpha value is -2.66. The normalized spacial score (nSPS) is 12.6. The lowest BCUT2D eigenvalue weighted by atomic mass is 10.2. The summed E-state index contributed by atoms with van der Waals surface area (Å²) < 4.78 is 0. The van der Waals surface area contributed by atoms with Crippen LogP contribution in [0.4, 0.5) is 5.82 Å². The van der Waals surface area contributed by atoms with E-state index in [0.29, 0.717) is 5.02 Å². The summed E-state index contributed by atoms with van der Waals surface area (Å²) in [6, 6.07) is 13.5. The first-order valence-corrected chi connectivity index (χ1v) is 7.70. The number of fused-ring (bicyclic) bond motifs is 2. The van der Waals surface area contributed by atoms with Crippen LogP contribution in [0.5, 0.6) is 0 Å². The van der Waals surface area contributed by atoms with E-state index in [1.54, 1.807) is 0 Å². The van der Waals surface area contributed by atoms with Crippen LogP contribution in [0.25, 0.3) is 21.9 Å². The van der Waals surface area contributed by atoms with Crippen molar-refractivity contribution in [1.29, 1.82) is 0 Å². The van der Waals surface area contributed by atoms with Crippen LogP contribution in [-0.2, 0) is 0 Å². The molecular formula is C17H14ClN5. The van der Waals surface area contributed by atoms with Crippen LogP contribution in [0.3, 0.4) is 0 Å². The van der Waals surface area contributed by atoms with Crippen LogP contribution >= 0.6 is 11.6 Å². The topological polar surface area (TPSA) is 66.5 Å². The molecule has 114 valence electrons. The number of para-hydroxylation sites is 2. The molecule has 2 heterocycles. The summed E-state index contributed by atoms with van der Waals surface area (Å²) in [5.41, 5.74) is 2.79. The van der Waals surface area contributed by atoms with Gasteiger partial charge < -0.3 is 10.3 Å². The average Bonchev–Trinajstić information content (AvgIpc) is 2.99. The quantitative estimate of drug-likeness (QED) is 0.589. The van der Waals surface area contributed by atoms with Crippen LogP contribution in [0.15, 0.2) is 48.8 Å². The standard InChI is InChI=1S/C17H14ClN5/c1-10(16-22-13-4-2-3-5-14(13)23-16)21-17-12-7-6-11(18)8-15(12)19-9-20-17/h2-10H,1H3,(H,22,23)(H,19,20,21). The molecule has 0 saturated carbocycles. The largest absolute Gasteiger partial charge is 0.360 e. The minimum Gasteiger partial charge on any atom is -0.360 e. The Morgan fingerprint density at radius 1 is 1.09 bits per heavy atom. The lowest BCUT2D eigenvalue weighted by molar-refractivity contribution is 0.810. The van der Waals surface area contributed by atoms with Gasteiger partial charge in [0.2, 0.25) is 0 Å². The first kappa shape index (κ1) is 14.0.